The average Bonchev–Trinajstić information content (AvgIpc) is 3.18. The minimum Gasteiger partial charge on any atom is -0.375 e. The van der Waals surface area contributed by atoms with Gasteiger partial charge in [-0.3, -0.25) is 4.90 Å². The Labute approximate surface area is 133 Å². The summed E-state index contributed by atoms with van der Waals surface area (Å²) in [5, 5.41) is 7.67. The highest BCUT2D eigenvalue weighted by Crippen LogP contribution is 2.31. The summed E-state index contributed by atoms with van der Waals surface area (Å²) in [6.45, 7) is 2.90. The molecule has 1 aliphatic heterocycles. The molecule has 5 heteroatoms. The fourth-order valence-electron chi connectivity index (χ4n) is 3.48. The van der Waals surface area contributed by atoms with Gasteiger partial charge in [0.25, 0.3) is 0 Å². The summed E-state index contributed by atoms with van der Waals surface area (Å²) in [6, 6.07) is 2.76. The molecular weight excluding hydrogens is 300 g/mol. The van der Waals surface area contributed by atoms with Crippen LogP contribution in [0.5, 0.6) is 0 Å². The summed E-state index contributed by atoms with van der Waals surface area (Å²) in [5.41, 5.74) is 2.47. The fourth-order valence-corrected chi connectivity index (χ4v) is 5.00. The zero-order valence-electron chi connectivity index (χ0n) is 12.0. The standard InChI is InChI=1S/C16H20N2OS2/c1-2-4-15-14(3-1)18(6-7-19-15)9-13-11-21-16(17-13)12-5-8-20-10-12/h5,8,10-11,14-15H,1-4,6-7,9H2/t14-,15+/m0/s1. The predicted molar refractivity (Wildman–Crippen MR) is 87.8 cm³/mol. The van der Waals surface area contributed by atoms with Crippen molar-refractivity contribution in [3.8, 4) is 10.6 Å². The lowest BCUT2D eigenvalue weighted by molar-refractivity contribution is -0.0914. The lowest BCUT2D eigenvalue weighted by Gasteiger charge is -2.43. The largest absolute Gasteiger partial charge is 0.375 e. The molecule has 2 aromatic rings. The number of rotatable bonds is 3. The Bertz CT molecular complexity index is 579. The van der Waals surface area contributed by atoms with E-state index in [1.165, 1.54) is 36.9 Å². The van der Waals surface area contributed by atoms with Crippen LogP contribution in [-0.2, 0) is 11.3 Å². The summed E-state index contributed by atoms with van der Waals surface area (Å²) in [7, 11) is 0. The Balaban J connectivity index is 1.47. The number of fused-ring (bicyclic) bond motifs is 1. The van der Waals surface area contributed by atoms with Crippen LogP contribution in [-0.4, -0.2) is 35.2 Å². The lowest BCUT2D eigenvalue weighted by Crippen LogP contribution is -2.52. The van der Waals surface area contributed by atoms with Gasteiger partial charge in [-0.05, 0) is 24.3 Å². The van der Waals surface area contributed by atoms with Crippen LogP contribution in [0.4, 0.5) is 0 Å². The van der Waals surface area contributed by atoms with Gasteiger partial charge in [0.1, 0.15) is 5.01 Å². The van der Waals surface area contributed by atoms with Crippen LogP contribution >= 0.6 is 22.7 Å². The maximum atomic E-state index is 5.96. The molecule has 2 atom stereocenters. The van der Waals surface area contributed by atoms with Crippen LogP contribution in [0.1, 0.15) is 31.4 Å². The summed E-state index contributed by atoms with van der Waals surface area (Å²) >= 11 is 3.50. The molecule has 21 heavy (non-hydrogen) atoms. The summed E-state index contributed by atoms with van der Waals surface area (Å²) in [4.78, 5) is 7.42. The second kappa shape index (κ2) is 6.16. The number of morpholine rings is 1. The molecule has 1 saturated carbocycles. The second-order valence-corrected chi connectivity index (χ2v) is 7.53. The molecule has 2 aromatic heterocycles. The van der Waals surface area contributed by atoms with Gasteiger partial charge in [-0.15, -0.1) is 11.3 Å². The number of aromatic nitrogens is 1. The molecule has 3 nitrogen and oxygen atoms in total. The summed E-state index contributed by atoms with van der Waals surface area (Å²) in [6.07, 6.45) is 5.65. The number of hydrogen-bond acceptors (Lipinski definition) is 5. The number of nitrogens with zero attached hydrogens (tertiary/aromatic N) is 2. The molecule has 0 unspecified atom stereocenters. The monoisotopic (exact) mass is 320 g/mol. The van der Waals surface area contributed by atoms with Crippen LogP contribution in [0.2, 0.25) is 0 Å². The highest BCUT2D eigenvalue weighted by atomic mass is 32.1. The maximum Gasteiger partial charge on any atom is 0.124 e. The molecule has 0 N–H and O–H groups in total. The van der Waals surface area contributed by atoms with Gasteiger partial charge in [0.05, 0.1) is 18.4 Å². The number of ether oxygens (including phenoxy) is 1. The third-order valence-electron chi connectivity index (χ3n) is 4.53. The van der Waals surface area contributed by atoms with Crippen LogP contribution < -0.4 is 0 Å². The van der Waals surface area contributed by atoms with E-state index in [1.54, 1.807) is 22.7 Å². The van der Waals surface area contributed by atoms with Gasteiger partial charge in [0.15, 0.2) is 0 Å². The molecule has 0 amide bonds. The molecule has 1 aliphatic carbocycles. The number of thiophene rings is 1. The van der Waals surface area contributed by atoms with Crippen LogP contribution in [0, 0.1) is 0 Å². The van der Waals surface area contributed by atoms with Gasteiger partial charge >= 0.3 is 0 Å². The van der Waals surface area contributed by atoms with Gasteiger partial charge < -0.3 is 4.74 Å². The van der Waals surface area contributed by atoms with Gasteiger partial charge in [-0.1, -0.05) is 12.8 Å². The van der Waals surface area contributed by atoms with E-state index >= 15 is 0 Å². The van der Waals surface area contributed by atoms with E-state index in [0.29, 0.717) is 12.1 Å². The molecule has 4 rings (SSSR count). The molecule has 3 heterocycles. The van der Waals surface area contributed by atoms with Gasteiger partial charge in [0, 0.05) is 35.5 Å². The molecule has 2 fully saturated rings. The van der Waals surface area contributed by atoms with E-state index < -0.39 is 0 Å². The molecule has 0 spiro atoms. The van der Waals surface area contributed by atoms with E-state index in [9.17, 15) is 0 Å². The van der Waals surface area contributed by atoms with Gasteiger partial charge in [-0.2, -0.15) is 11.3 Å². The van der Waals surface area contributed by atoms with E-state index in [1.807, 2.05) is 0 Å². The van der Waals surface area contributed by atoms with Gasteiger partial charge in [0.2, 0.25) is 0 Å². The zero-order valence-corrected chi connectivity index (χ0v) is 13.7. The highest BCUT2D eigenvalue weighted by Gasteiger charge is 2.34. The smallest absolute Gasteiger partial charge is 0.124 e. The minimum absolute atomic E-state index is 0.461. The topological polar surface area (TPSA) is 25.4 Å². The van der Waals surface area contributed by atoms with Crippen molar-refractivity contribution in [3.05, 3.63) is 27.9 Å². The Hall–Kier alpha value is -0.750. The lowest BCUT2D eigenvalue weighted by atomic mass is 9.90. The molecular formula is C16H20N2OS2. The summed E-state index contributed by atoms with van der Waals surface area (Å²) in [5.74, 6) is 0. The second-order valence-electron chi connectivity index (χ2n) is 5.89. The van der Waals surface area contributed by atoms with E-state index in [2.05, 4.69) is 27.1 Å². The Morgan fingerprint density at radius 1 is 1.29 bits per heavy atom. The number of thiazole rings is 1. The van der Waals surface area contributed by atoms with E-state index in [0.717, 1.165) is 24.7 Å². The van der Waals surface area contributed by atoms with Crippen molar-refractivity contribution in [1.29, 1.82) is 0 Å². The molecule has 1 saturated heterocycles. The normalized spacial score (nSPS) is 26.7. The fraction of sp³-hybridized carbons (Fsp3) is 0.562. The predicted octanol–water partition coefficient (Wildman–Crippen LogP) is 4.02. The van der Waals surface area contributed by atoms with Crippen molar-refractivity contribution < 1.29 is 4.74 Å². The van der Waals surface area contributed by atoms with Crippen LogP contribution in [0.3, 0.4) is 0 Å². The molecule has 112 valence electrons. The SMILES string of the molecule is c1cc(-c2nc(CN3CCO[C@@H]4CCCC[C@@H]43)cs2)cs1. The van der Waals surface area contributed by atoms with Crippen molar-refractivity contribution in [3.63, 3.8) is 0 Å². The number of hydrogen-bond donors (Lipinski definition) is 0. The highest BCUT2D eigenvalue weighted by molar-refractivity contribution is 7.14. The van der Waals surface area contributed by atoms with E-state index in [4.69, 9.17) is 9.72 Å². The van der Waals surface area contributed by atoms with Gasteiger partial charge in [-0.25, -0.2) is 4.98 Å². The first-order valence-electron chi connectivity index (χ1n) is 7.73. The first-order chi connectivity index (χ1) is 10.4. The molecule has 0 aromatic carbocycles. The van der Waals surface area contributed by atoms with Crippen molar-refractivity contribution in [2.24, 2.45) is 0 Å². The molecule has 0 bridgehead atoms. The van der Waals surface area contributed by atoms with E-state index in [-0.39, 0.29) is 0 Å². The van der Waals surface area contributed by atoms with Crippen molar-refractivity contribution >= 4 is 22.7 Å². The summed E-state index contributed by atoms with van der Waals surface area (Å²) < 4.78 is 5.96. The average molecular weight is 320 g/mol. The third-order valence-corrected chi connectivity index (χ3v) is 6.16. The first kappa shape index (κ1) is 13.9. The zero-order chi connectivity index (χ0) is 14.1. The Morgan fingerprint density at radius 3 is 3.14 bits per heavy atom. The Morgan fingerprint density at radius 2 is 2.24 bits per heavy atom. The Kier molecular flexibility index (Phi) is 4.07. The molecule has 0 radical (unpaired) electrons. The van der Waals surface area contributed by atoms with Crippen LogP contribution in [0.15, 0.2) is 22.2 Å². The van der Waals surface area contributed by atoms with Crippen LogP contribution in [0.25, 0.3) is 10.6 Å². The van der Waals surface area contributed by atoms with Crippen molar-refractivity contribution in [2.45, 2.75) is 44.4 Å². The van der Waals surface area contributed by atoms with Crippen molar-refractivity contribution in [1.82, 2.24) is 9.88 Å². The maximum absolute atomic E-state index is 5.96. The molecule has 2 aliphatic rings. The third kappa shape index (κ3) is 2.93. The minimum atomic E-state index is 0.461. The first-order valence-corrected chi connectivity index (χ1v) is 9.55. The quantitative estimate of drug-likeness (QED) is 0.854. The van der Waals surface area contributed by atoms with Crippen molar-refractivity contribution in [2.75, 3.05) is 13.2 Å².